The summed E-state index contributed by atoms with van der Waals surface area (Å²) in [4.78, 5) is 72.6. The van der Waals surface area contributed by atoms with Gasteiger partial charge in [0.25, 0.3) is 5.91 Å². The monoisotopic (exact) mass is 636 g/mol. The van der Waals surface area contributed by atoms with Gasteiger partial charge in [0.2, 0.25) is 12.6 Å². The third-order valence-electron chi connectivity index (χ3n) is 6.96. The Labute approximate surface area is 258 Å². The Morgan fingerprint density at radius 1 is 0.867 bits per heavy atom. The van der Waals surface area contributed by atoms with Crippen molar-refractivity contribution in [3.8, 4) is 6.07 Å². The number of nitriles is 1. The Balaban J connectivity index is 2.00. The molecule has 16 nitrogen and oxygen atoms in total. The first-order chi connectivity index (χ1) is 21.3. The maximum absolute atomic E-state index is 13.0. The second-order valence-electron chi connectivity index (χ2n) is 10.4. The van der Waals surface area contributed by atoms with E-state index < -0.39 is 91.2 Å². The summed E-state index contributed by atoms with van der Waals surface area (Å²) >= 11 is 0. The quantitative estimate of drug-likeness (QED) is 0.134. The van der Waals surface area contributed by atoms with E-state index in [9.17, 15) is 28.8 Å². The molecule has 3 aliphatic rings. The van der Waals surface area contributed by atoms with Gasteiger partial charge in [-0.1, -0.05) is 6.08 Å². The van der Waals surface area contributed by atoms with Gasteiger partial charge < -0.3 is 43.2 Å². The first-order valence-corrected chi connectivity index (χ1v) is 14.1. The molecule has 0 spiro atoms. The van der Waals surface area contributed by atoms with Gasteiger partial charge in [0, 0.05) is 47.1 Å². The van der Waals surface area contributed by atoms with Crippen molar-refractivity contribution < 1.29 is 66.7 Å². The van der Waals surface area contributed by atoms with Crippen LogP contribution in [-0.4, -0.2) is 92.5 Å². The Morgan fingerprint density at radius 3 is 2.09 bits per heavy atom. The van der Waals surface area contributed by atoms with Crippen LogP contribution in [0.2, 0.25) is 0 Å². The van der Waals surface area contributed by atoms with Crippen LogP contribution in [0.15, 0.2) is 23.5 Å². The Morgan fingerprint density at radius 2 is 1.49 bits per heavy atom. The van der Waals surface area contributed by atoms with Gasteiger partial charge >= 0.3 is 29.8 Å². The van der Waals surface area contributed by atoms with Crippen molar-refractivity contribution in [2.24, 2.45) is 11.8 Å². The van der Waals surface area contributed by atoms with Crippen LogP contribution in [0.1, 0.15) is 47.5 Å². The second kappa shape index (κ2) is 16.0. The standard InChI is InChI=1S/C29H36N2O14/c1-14(32)38-11-19-7-8-20-21(27(37)31-10-6-9-30)12-40-28(23(19)20)45-29-26(43-18(5)36)25(42-17(4)35)24(41-16(3)34)22(44-29)13-39-15(2)33/h7,12,20,22-26,28-29H,6,8,10-11,13H2,1-5H3,(H,31,37)/t20-,22-,23-,24-,25+,26-,28+,29+/m1/s1. The molecule has 0 aromatic carbocycles. The fraction of sp³-hybridized carbons (Fsp3) is 0.621. The molecule has 3 rings (SSSR count). The number of carbonyl (C=O) groups excluding carboxylic acids is 6. The third-order valence-corrected chi connectivity index (χ3v) is 6.96. The Kier molecular flexibility index (Phi) is 12.4. The van der Waals surface area contributed by atoms with Crippen LogP contribution in [0.25, 0.3) is 0 Å². The molecule has 0 saturated carbocycles. The number of nitrogens with zero attached hydrogens (tertiary/aromatic N) is 1. The van der Waals surface area contributed by atoms with E-state index in [2.05, 4.69) is 5.32 Å². The lowest BCUT2D eigenvalue weighted by Gasteiger charge is -2.45. The number of ether oxygens (including phenoxy) is 8. The predicted molar refractivity (Wildman–Crippen MR) is 146 cm³/mol. The molecule has 0 radical (unpaired) electrons. The van der Waals surface area contributed by atoms with Crippen molar-refractivity contribution in [3.63, 3.8) is 0 Å². The fourth-order valence-electron chi connectivity index (χ4n) is 5.26. The summed E-state index contributed by atoms with van der Waals surface area (Å²) in [7, 11) is 0. The lowest BCUT2D eigenvalue weighted by molar-refractivity contribution is -0.342. The van der Waals surface area contributed by atoms with E-state index in [-0.39, 0.29) is 25.1 Å². The molecule has 246 valence electrons. The van der Waals surface area contributed by atoms with E-state index in [1.165, 1.54) is 13.2 Å². The minimum Gasteiger partial charge on any atom is -0.471 e. The number of amides is 1. The summed E-state index contributed by atoms with van der Waals surface area (Å²) in [6.07, 6.45) is -4.95. The molecule has 1 amide bonds. The van der Waals surface area contributed by atoms with Gasteiger partial charge in [0.15, 0.2) is 18.3 Å². The van der Waals surface area contributed by atoms with Gasteiger partial charge in [-0.3, -0.25) is 28.8 Å². The number of hydrogen-bond donors (Lipinski definition) is 1. The van der Waals surface area contributed by atoms with E-state index >= 15 is 0 Å². The zero-order valence-corrected chi connectivity index (χ0v) is 25.5. The van der Waals surface area contributed by atoms with Gasteiger partial charge in [-0.05, 0) is 12.0 Å². The van der Waals surface area contributed by atoms with E-state index in [1.807, 2.05) is 6.07 Å². The van der Waals surface area contributed by atoms with Gasteiger partial charge in [0.05, 0.1) is 30.2 Å². The van der Waals surface area contributed by atoms with Crippen LogP contribution in [0, 0.1) is 23.2 Å². The first-order valence-electron chi connectivity index (χ1n) is 14.1. The maximum Gasteiger partial charge on any atom is 0.303 e. The molecule has 2 heterocycles. The minimum absolute atomic E-state index is 0.0958. The van der Waals surface area contributed by atoms with Crippen molar-refractivity contribution >= 4 is 35.8 Å². The molecule has 8 atom stereocenters. The van der Waals surface area contributed by atoms with Crippen molar-refractivity contribution in [1.82, 2.24) is 5.32 Å². The summed E-state index contributed by atoms with van der Waals surface area (Å²) in [6, 6.07) is 1.94. The highest BCUT2D eigenvalue weighted by atomic mass is 16.8. The van der Waals surface area contributed by atoms with Crippen LogP contribution >= 0.6 is 0 Å². The minimum atomic E-state index is -1.55. The van der Waals surface area contributed by atoms with Crippen molar-refractivity contribution in [2.75, 3.05) is 19.8 Å². The lowest BCUT2D eigenvalue weighted by Crippen LogP contribution is -2.63. The Hall–Kier alpha value is -4.49. The molecule has 2 aliphatic heterocycles. The predicted octanol–water partition coefficient (Wildman–Crippen LogP) is 0.482. The first kappa shape index (κ1) is 35.0. The summed E-state index contributed by atoms with van der Waals surface area (Å²) in [5, 5.41) is 11.5. The number of esters is 5. The normalized spacial score (nSPS) is 28.4. The second-order valence-corrected chi connectivity index (χ2v) is 10.4. The highest BCUT2D eigenvalue weighted by Crippen LogP contribution is 2.45. The lowest BCUT2D eigenvalue weighted by atomic mass is 9.83. The average molecular weight is 637 g/mol. The van der Waals surface area contributed by atoms with Crippen molar-refractivity contribution in [3.05, 3.63) is 23.5 Å². The average Bonchev–Trinajstić information content (AvgIpc) is 3.38. The van der Waals surface area contributed by atoms with Crippen LogP contribution in [0.5, 0.6) is 0 Å². The molecular formula is C29H36N2O14. The van der Waals surface area contributed by atoms with Gasteiger partial charge in [0.1, 0.15) is 19.3 Å². The smallest absolute Gasteiger partial charge is 0.303 e. The van der Waals surface area contributed by atoms with Crippen molar-refractivity contribution in [1.29, 1.82) is 5.26 Å². The van der Waals surface area contributed by atoms with E-state index in [0.29, 0.717) is 12.0 Å². The number of nitrogens with one attached hydrogen (secondary N) is 1. The molecule has 16 heteroatoms. The molecule has 0 aromatic rings. The van der Waals surface area contributed by atoms with Crippen LogP contribution in [0.4, 0.5) is 0 Å². The largest absolute Gasteiger partial charge is 0.471 e. The van der Waals surface area contributed by atoms with Gasteiger partial charge in [-0.2, -0.15) is 5.26 Å². The van der Waals surface area contributed by atoms with E-state index in [4.69, 9.17) is 43.2 Å². The molecule has 1 saturated heterocycles. The summed E-state index contributed by atoms with van der Waals surface area (Å²) in [5.41, 5.74) is 0.828. The number of fused-ring (bicyclic) bond motifs is 1. The van der Waals surface area contributed by atoms with Gasteiger partial charge in [-0.25, -0.2) is 0 Å². The van der Waals surface area contributed by atoms with Crippen LogP contribution in [0.3, 0.4) is 0 Å². The zero-order chi connectivity index (χ0) is 33.3. The highest BCUT2D eigenvalue weighted by Gasteiger charge is 2.55. The molecule has 0 unspecified atom stereocenters. The zero-order valence-electron chi connectivity index (χ0n) is 25.5. The molecule has 0 bridgehead atoms. The summed E-state index contributed by atoms with van der Waals surface area (Å²) < 4.78 is 44.8. The highest BCUT2D eigenvalue weighted by molar-refractivity contribution is 5.94. The van der Waals surface area contributed by atoms with Gasteiger partial charge in [-0.15, -0.1) is 0 Å². The SMILES string of the molecule is CC(=O)OCC1=CC[C@@H]2C(C(=O)NCCC#N)=CO[C@@H](O[C@@H]3O[C@H](COC(C)=O)[C@@H](OC(C)=O)[C@H](OC(C)=O)[C@H]3OC(C)=O)[C@H]12. The molecular weight excluding hydrogens is 600 g/mol. The Bertz CT molecular complexity index is 1270. The molecule has 1 fully saturated rings. The topological polar surface area (TPSA) is 212 Å². The molecule has 1 N–H and O–H groups in total. The number of carbonyl (C=O) groups is 6. The number of rotatable bonds is 12. The molecule has 1 aliphatic carbocycles. The fourth-order valence-corrected chi connectivity index (χ4v) is 5.26. The molecule has 0 aromatic heterocycles. The van der Waals surface area contributed by atoms with E-state index in [0.717, 1.165) is 27.7 Å². The van der Waals surface area contributed by atoms with Crippen LogP contribution < -0.4 is 5.32 Å². The van der Waals surface area contributed by atoms with Crippen molar-refractivity contribution in [2.45, 2.75) is 84.5 Å². The number of allylic oxidation sites excluding steroid dienone is 1. The number of hydrogen-bond acceptors (Lipinski definition) is 15. The maximum atomic E-state index is 13.0. The summed E-state index contributed by atoms with van der Waals surface area (Å²) in [6.45, 7) is 5.20. The summed E-state index contributed by atoms with van der Waals surface area (Å²) in [5.74, 6) is -5.33. The third kappa shape index (κ3) is 9.50. The van der Waals surface area contributed by atoms with Crippen LogP contribution in [-0.2, 0) is 66.7 Å². The molecule has 45 heavy (non-hydrogen) atoms. The van der Waals surface area contributed by atoms with E-state index in [1.54, 1.807) is 6.08 Å².